The van der Waals surface area contributed by atoms with Gasteiger partial charge in [0.2, 0.25) is 0 Å². The summed E-state index contributed by atoms with van der Waals surface area (Å²) >= 11 is 0. The number of halogens is 3. The van der Waals surface area contributed by atoms with Crippen molar-refractivity contribution in [3.05, 3.63) is 63.7 Å². The number of hydrogen-bond donors (Lipinski definition) is 2. The van der Waals surface area contributed by atoms with Gasteiger partial charge >= 0.3 is 6.18 Å². The molecular weight excluding hydrogens is 395 g/mol. The Labute approximate surface area is 162 Å². The van der Waals surface area contributed by atoms with Gasteiger partial charge < -0.3 is 15.2 Å². The number of benzene rings is 2. The number of rotatable bonds is 6. The van der Waals surface area contributed by atoms with Gasteiger partial charge in [-0.3, -0.25) is 14.9 Å². The second-order valence-corrected chi connectivity index (χ2v) is 6.14. The van der Waals surface area contributed by atoms with E-state index >= 15 is 0 Å². The van der Waals surface area contributed by atoms with E-state index in [1.807, 2.05) is 0 Å². The van der Waals surface area contributed by atoms with E-state index in [0.29, 0.717) is 6.07 Å². The number of carbonyl (C=O) groups excluding carboxylic acids is 1. The van der Waals surface area contributed by atoms with Crippen molar-refractivity contribution in [1.82, 2.24) is 0 Å². The monoisotopic (exact) mass is 409 g/mol. The summed E-state index contributed by atoms with van der Waals surface area (Å²) in [5, 5.41) is 31.8. The zero-order valence-electron chi connectivity index (χ0n) is 14.9. The number of ether oxygens (including phenoxy) is 1. The van der Waals surface area contributed by atoms with Crippen LogP contribution >= 0.6 is 0 Å². The Kier molecular flexibility index (Phi) is 6.09. The third kappa shape index (κ3) is 5.43. The van der Waals surface area contributed by atoms with Gasteiger partial charge in [-0.15, -0.1) is 0 Å². The predicted molar refractivity (Wildman–Crippen MR) is 94.0 cm³/mol. The van der Waals surface area contributed by atoms with Crippen molar-refractivity contribution in [3.63, 3.8) is 0 Å². The van der Waals surface area contributed by atoms with E-state index in [9.17, 15) is 33.2 Å². The van der Waals surface area contributed by atoms with E-state index < -0.39 is 40.3 Å². The molecule has 0 aliphatic heterocycles. The second kappa shape index (κ2) is 8.15. The number of anilines is 1. The topological polar surface area (TPSA) is 125 Å². The average Bonchev–Trinajstić information content (AvgIpc) is 2.66. The molecule has 0 aromatic heterocycles. The van der Waals surface area contributed by atoms with Gasteiger partial charge in [-0.2, -0.15) is 18.4 Å². The van der Waals surface area contributed by atoms with Gasteiger partial charge in [-0.05, 0) is 37.3 Å². The number of nitrogens with one attached hydrogen (secondary N) is 1. The first-order valence-corrected chi connectivity index (χ1v) is 7.96. The van der Waals surface area contributed by atoms with Crippen molar-refractivity contribution in [3.8, 4) is 11.8 Å². The molecule has 0 fully saturated rings. The molecule has 0 aliphatic rings. The minimum Gasteiger partial charge on any atom is -0.490 e. The van der Waals surface area contributed by atoms with Crippen LogP contribution in [-0.4, -0.2) is 28.1 Å². The first-order chi connectivity index (χ1) is 13.4. The molecule has 1 atom stereocenters. The van der Waals surface area contributed by atoms with Gasteiger partial charge in [0.1, 0.15) is 12.4 Å². The minimum absolute atomic E-state index is 0.140. The molecule has 2 aromatic carbocycles. The lowest BCUT2D eigenvalue weighted by atomic mass is 10.1. The Balaban J connectivity index is 2.09. The van der Waals surface area contributed by atoms with Crippen molar-refractivity contribution in [2.45, 2.75) is 18.7 Å². The SMILES string of the molecule is C[C@](O)(COc1ccc([N+](=O)[O-])cc1)C(=O)Nc1ccc(C#N)c(C(F)(F)F)c1. The highest BCUT2D eigenvalue weighted by molar-refractivity contribution is 5.97. The minimum atomic E-state index is -4.80. The fraction of sp³-hybridized carbons (Fsp3) is 0.222. The summed E-state index contributed by atoms with van der Waals surface area (Å²) in [6.07, 6.45) is -4.80. The van der Waals surface area contributed by atoms with Crippen LogP contribution in [0.4, 0.5) is 24.5 Å². The molecular formula is C18H14F3N3O5. The maximum absolute atomic E-state index is 13.0. The van der Waals surface area contributed by atoms with E-state index in [2.05, 4.69) is 5.32 Å². The summed E-state index contributed by atoms with van der Waals surface area (Å²) in [6.45, 7) is 0.515. The second-order valence-electron chi connectivity index (χ2n) is 6.14. The zero-order valence-corrected chi connectivity index (χ0v) is 14.9. The Hall–Kier alpha value is -3.65. The molecule has 2 aromatic rings. The van der Waals surface area contributed by atoms with Gasteiger partial charge in [-0.25, -0.2) is 0 Å². The molecule has 0 saturated heterocycles. The number of hydrogen-bond acceptors (Lipinski definition) is 6. The van der Waals surface area contributed by atoms with E-state index in [1.165, 1.54) is 30.3 Å². The van der Waals surface area contributed by atoms with Crippen LogP contribution in [0, 0.1) is 21.4 Å². The molecule has 2 rings (SSSR count). The largest absolute Gasteiger partial charge is 0.490 e. The number of alkyl halides is 3. The molecule has 1 amide bonds. The average molecular weight is 409 g/mol. The molecule has 0 heterocycles. The third-order valence-corrected chi connectivity index (χ3v) is 3.76. The van der Waals surface area contributed by atoms with Crippen LogP contribution in [0.1, 0.15) is 18.1 Å². The zero-order chi connectivity index (χ0) is 21.8. The summed E-state index contributed by atoms with van der Waals surface area (Å²) < 4.78 is 44.2. The van der Waals surface area contributed by atoms with Crippen LogP contribution < -0.4 is 10.1 Å². The Bertz CT molecular complexity index is 966. The number of aliphatic hydroxyl groups is 1. The Morgan fingerprint density at radius 2 is 1.90 bits per heavy atom. The van der Waals surface area contributed by atoms with Gasteiger partial charge in [0.15, 0.2) is 5.60 Å². The molecule has 0 saturated carbocycles. The summed E-state index contributed by atoms with van der Waals surface area (Å²) in [5.74, 6) is -0.904. The lowest BCUT2D eigenvalue weighted by molar-refractivity contribution is -0.384. The van der Waals surface area contributed by atoms with Crippen LogP contribution in [0.15, 0.2) is 42.5 Å². The normalized spacial score (nSPS) is 13.1. The number of nitrogens with zero attached hydrogens (tertiary/aromatic N) is 2. The lowest BCUT2D eigenvalue weighted by Crippen LogP contribution is -2.45. The molecule has 0 bridgehead atoms. The lowest BCUT2D eigenvalue weighted by Gasteiger charge is -2.23. The van der Waals surface area contributed by atoms with Gasteiger partial charge in [-0.1, -0.05) is 0 Å². The third-order valence-electron chi connectivity index (χ3n) is 3.76. The highest BCUT2D eigenvalue weighted by Gasteiger charge is 2.35. The van der Waals surface area contributed by atoms with E-state index in [0.717, 1.165) is 19.1 Å². The number of nitriles is 1. The summed E-state index contributed by atoms with van der Waals surface area (Å²) in [7, 11) is 0. The maximum atomic E-state index is 13.0. The number of non-ortho nitro benzene ring substituents is 1. The number of nitro benzene ring substituents is 1. The fourth-order valence-corrected chi connectivity index (χ4v) is 2.17. The van der Waals surface area contributed by atoms with Gasteiger partial charge in [0.05, 0.1) is 22.1 Å². The number of amides is 1. The number of carbonyl (C=O) groups is 1. The smallest absolute Gasteiger partial charge is 0.417 e. The van der Waals surface area contributed by atoms with Crippen molar-refractivity contribution in [2.75, 3.05) is 11.9 Å². The quantitative estimate of drug-likeness (QED) is 0.557. The molecule has 0 unspecified atom stereocenters. The van der Waals surface area contributed by atoms with Crippen LogP contribution in [-0.2, 0) is 11.0 Å². The molecule has 0 radical (unpaired) electrons. The van der Waals surface area contributed by atoms with Crippen LogP contribution in [0.5, 0.6) is 5.75 Å². The highest BCUT2D eigenvalue weighted by atomic mass is 19.4. The molecule has 11 heteroatoms. The maximum Gasteiger partial charge on any atom is 0.417 e. The molecule has 2 N–H and O–H groups in total. The molecule has 152 valence electrons. The van der Waals surface area contributed by atoms with Crippen LogP contribution in [0.25, 0.3) is 0 Å². The van der Waals surface area contributed by atoms with Crippen LogP contribution in [0.2, 0.25) is 0 Å². The number of nitro groups is 1. The predicted octanol–water partition coefficient (Wildman–Crippen LogP) is 3.25. The van der Waals surface area contributed by atoms with Crippen molar-refractivity contribution in [1.29, 1.82) is 5.26 Å². The van der Waals surface area contributed by atoms with E-state index in [-0.39, 0.29) is 17.1 Å². The van der Waals surface area contributed by atoms with Gasteiger partial charge in [0.25, 0.3) is 11.6 Å². The summed E-state index contributed by atoms with van der Waals surface area (Å²) in [6, 6.07) is 8.87. The van der Waals surface area contributed by atoms with E-state index in [4.69, 9.17) is 10.00 Å². The Morgan fingerprint density at radius 1 is 1.28 bits per heavy atom. The summed E-state index contributed by atoms with van der Waals surface area (Å²) in [5.41, 5.74) is -4.41. The first kappa shape index (κ1) is 21.6. The van der Waals surface area contributed by atoms with E-state index in [1.54, 1.807) is 0 Å². The summed E-state index contributed by atoms with van der Waals surface area (Å²) in [4.78, 5) is 22.2. The standard InChI is InChI=1S/C18H14F3N3O5/c1-17(26,10-29-14-6-4-13(5-7-14)24(27)28)16(25)23-12-3-2-11(9-22)15(8-12)18(19,20)21/h2-8,26H,10H2,1H3,(H,23,25)/t17-/m0/s1. The Morgan fingerprint density at radius 3 is 2.41 bits per heavy atom. The molecule has 29 heavy (non-hydrogen) atoms. The molecule has 0 spiro atoms. The molecule has 0 aliphatic carbocycles. The van der Waals surface area contributed by atoms with Crippen molar-refractivity contribution in [2.24, 2.45) is 0 Å². The first-order valence-electron chi connectivity index (χ1n) is 7.96. The van der Waals surface area contributed by atoms with Crippen LogP contribution in [0.3, 0.4) is 0 Å². The van der Waals surface area contributed by atoms with Crippen molar-refractivity contribution < 1.29 is 32.7 Å². The van der Waals surface area contributed by atoms with Crippen molar-refractivity contribution >= 4 is 17.3 Å². The highest BCUT2D eigenvalue weighted by Crippen LogP contribution is 2.33. The molecule has 8 nitrogen and oxygen atoms in total. The van der Waals surface area contributed by atoms with Gasteiger partial charge in [0, 0.05) is 17.8 Å². The fourth-order valence-electron chi connectivity index (χ4n) is 2.17.